The number of para-hydroxylation sites is 1. The van der Waals surface area contributed by atoms with Crippen molar-refractivity contribution in [1.29, 1.82) is 0 Å². The summed E-state index contributed by atoms with van der Waals surface area (Å²) in [6.07, 6.45) is 0. The number of amides is 1. The van der Waals surface area contributed by atoms with E-state index in [1.807, 2.05) is 43.3 Å². The van der Waals surface area contributed by atoms with E-state index in [1.165, 1.54) is 18.4 Å². The highest BCUT2D eigenvalue weighted by Crippen LogP contribution is 2.23. The molecule has 1 aromatic heterocycles. The van der Waals surface area contributed by atoms with E-state index in [0.717, 1.165) is 10.2 Å². The highest BCUT2D eigenvalue weighted by Gasteiger charge is 2.13. The van der Waals surface area contributed by atoms with Gasteiger partial charge in [0.1, 0.15) is 18.0 Å². The monoisotopic (exact) mass is 400 g/mol. The molecule has 0 saturated carbocycles. The SMILES string of the molecule is CCOc1ccc2c(c1)sc(=NC(=O)COc1ccccc1)n2CC(=O)OC. The van der Waals surface area contributed by atoms with Crippen LogP contribution in [-0.4, -0.2) is 36.8 Å². The quantitative estimate of drug-likeness (QED) is 0.570. The molecule has 1 heterocycles. The number of carbonyl (C=O) groups excluding carboxylic acids is 2. The van der Waals surface area contributed by atoms with Crippen LogP contribution in [0, 0.1) is 0 Å². The van der Waals surface area contributed by atoms with Crippen molar-refractivity contribution in [2.75, 3.05) is 20.3 Å². The van der Waals surface area contributed by atoms with Crippen molar-refractivity contribution in [2.24, 2.45) is 4.99 Å². The summed E-state index contributed by atoms with van der Waals surface area (Å²) < 4.78 is 18.2. The number of rotatable bonds is 7. The molecule has 0 bridgehead atoms. The molecule has 2 aromatic carbocycles. The van der Waals surface area contributed by atoms with E-state index in [2.05, 4.69) is 4.99 Å². The molecule has 3 rings (SSSR count). The van der Waals surface area contributed by atoms with Crippen LogP contribution in [-0.2, 0) is 20.9 Å². The Hall–Kier alpha value is -3.13. The van der Waals surface area contributed by atoms with Gasteiger partial charge in [0.15, 0.2) is 11.4 Å². The van der Waals surface area contributed by atoms with Crippen LogP contribution in [0.5, 0.6) is 11.5 Å². The van der Waals surface area contributed by atoms with Crippen LogP contribution >= 0.6 is 11.3 Å². The van der Waals surface area contributed by atoms with Gasteiger partial charge in [-0.3, -0.25) is 9.59 Å². The summed E-state index contributed by atoms with van der Waals surface area (Å²) in [7, 11) is 1.32. The van der Waals surface area contributed by atoms with Gasteiger partial charge in [-0.2, -0.15) is 4.99 Å². The number of esters is 1. The number of thiazole rings is 1. The number of hydrogen-bond donors (Lipinski definition) is 0. The zero-order valence-corrected chi connectivity index (χ0v) is 16.4. The lowest BCUT2D eigenvalue weighted by Crippen LogP contribution is -2.23. The van der Waals surface area contributed by atoms with Crippen LogP contribution in [0.2, 0.25) is 0 Å². The summed E-state index contributed by atoms with van der Waals surface area (Å²) in [6, 6.07) is 14.6. The zero-order chi connectivity index (χ0) is 19.9. The van der Waals surface area contributed by atoms with E-state index in [1.54, 1.807) is 16.7 Å². The molecular formula is C20H20N2O5S. The van der Waals surface area contributed by atoms with Crippen molar-refractivity contribution in [1.82, 2.24) is 4.57 Å². The highest BCUT2D eigenvalue weighted by molar-refractivity contribution is 7.16. The molecule has 0 radical (unpaired) electrons. The van der Waals surface area contributed by atoms with E-state index in [4.69, 9.17) is 14.2 Å². The Kier molecular flexibility index (Phi) is 6.44. The largest absolute Gasteiger partial charge is 0.494 e. The Labute approximate surface area is 165 Å². The van der Waals surface area contributed by atoms with E-state index in [9.17, 15) is 9.59 Å². The molecule has 1 amide bonds. The van der Waals surface area contributed by atoms with Crippen LogP contribution < -0.4 is 14.3 Å². The topological polar surface area (TPSA) is 79.1 Å². The van der Waals surface area contributed by atoms with Gasteiger partial charge in [-0.15, -0.1) is 0 Å². The number of benzene rings is 2. The lowest BCUT2D eigenvalue weighted by Gasteiger charge is -2.05. The third kappa shape index (κ3) is 4.77. The van der Waals surface area contributed by atoms with Crippen LogP contribution in [0.25, 0.3) is 10.2 Å². The molecule has 0 aliphatic rings. The van der Waals surface area contributed by atoms with Gasteiger partial charge in [0.2, 0.25) is 0 Å². The summed E-state index contributed by atoms with van der Waals surface area (Å²) >= 11 is 1.30. The first-order chi connectivity index (χ1) is 13.6. The van der Waals surface area contributed by atoms with Gasteiger partial charge in [0.25, 0.3) is 5.91 Å². The summed E-state index contributed by atoms with van der Waals surface area (Å²) in [5, 5.41) is 0. The summed E-state index contributed by atoms with van der Waals surface area (Å²) in [6.45, 7) is 2.21. The molecule has 0 fully saturated rings. The minimum Gasteiger partial charge on any atom is -0.494 e. The smallest absolute Gasteiger partial charge is 0.325 e. The van der Waals surface area contributed by atoms with E-state index < -0.39 is 11.9 Å². The van der Waals surface area contributed by atoms with E-state index in [-0.39, 0.29) is 13.2 Å². The molecule has 0 unspecified atom stereocenters. The van der Waals surface area contributed by atoms with Crippen molar-refractivity contribution in [3.63, 3.8) is 0 Å². The molecule has 0 aliphatic carbocycles. The second-order valence-electron chi connectivity index (χ2n) is 5.72. The fourth-order valence-electron chi connectivity index (χ4n) is 2.54. The maximum atomic E-state index is 12.3. The minimum atomic E-state index is -0.445. The van der Waals surface area contributed by atoms with Crippen molar-refractivity contribution >= 4 is 33.4 Å². The zero-order valence-electron chi connectivity index (χ0n) is 15.6. The first-order valence-corrected chi connectivity index (χ1v) is 9.50. The lowest BCUT2D eigenvalue weighted by molar-refractivity contribution is -0.141. The molecule has 0 spiro atoms. The van der Waals surface area contributed by atoms with Gasteiger partial charge in [0.05, 0.1) is 23.9 Å². The Balaban J connectivity index is 1.92. The maximum absolute atomic E-state index is 12.3. The average Bonchev–Trinajstić information content (AvgIpc) is 3.03. The van der Waals surface area contributed by atoms with Gasteiger partial charge < -0.3 is 18.8 Å². The third-order valence-electron chi connectivity index (χ3n) is 3.81. The molecule has 0 atom stereocenters. The molecule has 146 valence electrons. The van der Waals surface area contributed by atoms with Gasteiger partial charge >= 0.3 is 5.97 Å². The standard InChI is InChI=1S/C20H20N2O5S/c1-3-26-15-9-10-16-17(11-15)28-20(22(16)12-19(24)25-2)21-18(23)13-27-14-7-5-4-6-8-14/h4-11H,3,12-13H2,1-2H3. The predicted molar refractivity (Wildman–Crippen MR) is 106 cm³/mol. The van der Waals surface area contributed by atoms with Gasteiger partial charge in [-0.25, -0.2) is 0 Å². The Morgan fingerprint density at radius 1 is 1.07 bits per heavy atom. The highest BCUT2D eigenvalue weighted by atomic mass is 32.1. The Bertz CT molecular complexity index is 1040. The van der Waals surface area contributed by atoms with Crippen molar-refractivity contribution in [3.8, 4) is 11.5 Å². The number of fused-ring (bicyclic) bond motifs is 1. The summed E-state index contributed by atoms with van der Waals surface area (Å²) in [4.78, 5) is 28.7. The predicted octanol–water partition coefficient (Wildman–Crippen LogP) is 2.78. The fraction of sp³-hybridized carbons (Fsp3) is 0.250. The van der Waals surface area contributed by atoms with Crippen LogP contribution in [0.4, 0.5) is 0 Å². The maximum Gasteiger partial charge on any atom is 0.325 e. The van der Waals surface area contributed by atoms with Crippen molar-refractivity contribution in [2.45, 2.75) is 13.5 Å². The molecule has 28 heavy (non-hydrogen) atoms. The summed E-state index contributed by atoms with van der Waals surface area (Å²) in [5.41, 5.74) is 0.773. The van der Waals surface area contributed by atoms with Gasteiger partial charge in [0, 0.05) is 0 Å². The van der Waals surface area contributed by atoms with Gasteiger partial charge in [-0.05, 0) is 37.3 Å². The third-order valence-corrected chi connectivity index (χ3v) is 4.85. The van der Waals surface area contributed by atoms with Crippen LogP contribution in [0.3, 0.4) is 0 Å². The molecule has 7 nitrogen and oxygen atoms in total. The first kappa shape index (κ1) is 19.6. The number of methoxy groups -OCH3 is 1. The van der Waals surface area contributed by atoms with Crippen molar-refractivity contribution < 1.29 is 23.8 Å². The number of ether oxygens (including phenoxy) is 3. The second kappa shape index (κ2) is 9.18. The molecule has 8 heteroatoms. The number of hydrogen-bond acceptors (Lipinski definition) is 6. The van der Waals surface area contributed by atoms with Crippen molar-refractivity contribution in [3.05, 3.63) is 53.3 Å². The normalized spacial score (nSPS) is 11.4. The Morgan fingerprint density at radius 3 is 2.57 bits per heavy atom. The first-order valence-electron chi connectivity index (χ1n) is 8.69. The number of carbonyl (C=O) groups is 2. The van der Waals surface area contributed by atoms with Crippen LogP contribution in [0.1, 0.15) is 6.92 Å². The lowest BCUT2D eigenvalue weighted by atomic mass is 10.3. The van der Waals surface area contributed by atoms with Crippen LogP contribution in [0.15, 0.2) is 53.5 Å². The van der Waals surface area contributed by atoms with E-state index >= 15 is 0 Å². The minimum absolute atomic E-state index is 0.0455. The fourth-order valence-corrected chi connectivity index (χ4v) is 3.62. The Morgan fingerprint density at radius 2 is 1.86 bits per heavy atom. The summed E-state index contributed by atoms with van der Waals surface area (Å²) in [5.74, 6) is 0.431. The van der Waals surface area contributed by atoms with Gasteiger partial charge in [-0.1, -0.05) is 29.5 Å². The van der Waals surface area contributed by atoms with E-state index in [0.29, 0.717) is 22.9 Å². The number of nitrogens with zero attached hydrogens (tertiary/aromatic N) is 2. The molecule has 0 aliphatic heterocycles. The molecule has 0 N–H and O–H groups in total. The molecule has 3 aromatic rings. The molecule has 0 saturated heterocycles. The second-order valence-corrected chi connectivity index (χ2v) is 6.73. The molecular weight excluding hydrogens is 380 g/mol. The average molecular weight is 400 g/mol. The number of aromatic nitrogens is 1.